The average molecular weight is 430 g/mol. The molecular formula is C15H13BrINO. The van der Waals surface area contributed by atoms with Gasteiger partial charge in [-0.2, -0.15) is 0 Å². The summed E-state index contributed by atoms with van der Waals surface area (Å²) in [7, 11) is 0. The minimum Gasteiger partial charge on any atom is -0.322 e. The molecule has 0 heterocycles. The third kappa shape index (κ3) is 3.57. The first-order valence-corrected chi connectivity index (χ1v) is 7.83. The molecule has 0 saturated carbocycles. The first kappa shape index (κ1) is 14.5. The highest BCUT2D eigenvalue weighted by Crippen LogP contribution is 2.22. The number of benzene rings is 2. The summed E-state index contributed by atoms with van der Waals surface area (Å²) in [6.45, 7) is 2.08. The number of carbonyl (C=O) groups is 1. The first-order chi connectivity index (χ1) is 9.11. The largest absolute Gasteiger partial charge is 0.322 e. The van der Waals surface area contributed by atoms with E-state index in [-0.39, 0.29) is 5.91 Å². The van der Waals surface area contributed by atoms with E-state index in [9.17, 15) is 4.79 Å². The summed E-state index contributed by atoms with van der Waals surface area (Å²) < 4.78 is 1.98. The Labute approximate surface area is 134 Å². The van der Waals surface area contributed by atoms with E-state index in [0.29, 0.717) is 5.56 Å². The van der Waals surface area contributed by atoms with Crippen LogP contribution in [0.25, 0.3) is 0 Å². The molecule has 0 aliphatic heterocycles. The number of hydrogen-bond donors (Lipinski definition) is 1. The summed E-state index contributed by atoms with van der Waals surface area (Å²) in [6, 6.07) is 13.5. The van der Waals surface area contributed by atoms with Gasteiger partial charge in [0.2, 0.25) is 0 Å². The van der Waals surface area contributed by atoms with Gasteiger partial charge in [-0.25, -0.2) is 0 Å². The smallest absolute Gasteiger partial charge is 0.256 e. The van der Waals surface area contributed by atoms with E-state index in [1.165, 1.54) is 3.57 Å². The molecule has 0 unspecified atom stereocenters. The zero-order chi connectivity index (χ0) is 13.8. The van der Waals surface area contributed by atoms with Crippen molar-refractivity contribution in [2.75, 3.05) is 5.32 Å². The number of rotatable bonds is 3. The van der Waals surface area contributed by atoms with Crippen molar-refractivity contribution >= 4 is 50.1 Å². The molecule has 2 nitrogen and oxygen atoms in total. The summed E-state index contributed by atoms with van der Waals surface area (Å²) in [4.78, 5) is 12.2. The molecule has 2 aromatic carbocycles. The minimum atomic E-state index is -0.0941. The van der Waals surface area contributed by atoms with Crippen LogP contribution < -0.4 is 5.32 Å². The van der Waals surface area contributed by atoms with Crippen LogP contribution in [0.15, 0.2) is 46.9 Å². The zero-order valence-corrected chi connectivity index (χ0v) is 14.2. The number of amides is 1. The van der Waals surface area contributed by atoms with Gasteiger partial charge < -0.3 is 5.32 Å². The van der Waals surface area contributed by atoms with Gasteiger partial charge >= 0.3 is 0 Å². The molecule has 1 amide bonds. The third-order valence-electron chi connectivity index (χ3n) is 2.81. The van der Waals surface area contributed by atoms with Crippen LogP contribution in [0.3, 0.4) is 0 Å². The molecule has 0 aromatic heterocycles. The molecule has 4 heteroatoms. The van der Waals surface area contributed by atoms with Gasteiger partial charge in [-0.1, -0.05) is 19.1 Å². The van der Waals surface area contributed by atoms with Crippen LogP contribution in [0, 0.1) is 3.57 Å². The lowest BCUT2D eigenvalue weighted by atomic mass is 10.1. The SMILES string of the molecule is CCc1cc(I)ccc1NC(=O)c1ccccc1Br. The molecule has 0 atom stereocenters. The van der Waals surface area contributed by atoms with Crippen molar-refractivity contribution in [1.29, 1.82) is 0 Å². The van der Waals surface area contributed by atoms with Gasteiger partial charge in [-0.3, -0.25) is 4.79 Å². The van der Waals surface area contributed by atoms with Crippen LogP contribution in [0.1, 0.15) is 22.8 Å². The summed E-state index contributed by atoms with van der Waals surface area (Å²) in [5.41, 5.74) is 2.67. The van der Waals surface area contributed by atoms with Crippen molar-refractivity contribution < 1.29 is 4.79 Å². The minimum absolute atomic E-state index is 0.0941. The molecule has 0 aliphatic carbocycles. The van der Waals surface area contributed by atoms with Gasteiger partial charge in [0.25, 0.3) is 5.91 Å². The Morgan fingerprint density at radius 1 is 1.26 bits per heavy atom. The third-order valence-corrected chi connectivity index (χ3v) is 4.18. The Kier molecular flexibility index (Phi) is 4.99. The highest BCUT2D eigenvalue weighted by atomic mass is 127. The topological polar surface area (TPSA) is 29.1 Å². The molecule has 0 spiro atoms. The van der Waals surface area contributed by atoms with Gasteiger partial charge in [-0.15, -0.1) is 0 Å². The summed E-state index contributed by atoms with van der Waals surface area (Å²) in [6.07, 6.45) is 0.891. The van der Waals surface area contributed by atoms with Crippen LogP contribution in [-0.2, 0) is 6.42 Å². The number of halogens is 2. The Hall–Kier alpha value is -0.880. The van der Waals surface area contributed by atoms with Crippen LogP contribution >= 0.6 is 38.5 Å². The van der Waals surface area contributed by atoms with Crippen molar-refractivity contribution in [2.24, 2.45) is 0 Å². The van der Waals surface area contributed by atoms with Crippen molar-refractivity contribution in [3.63, 3.8) is 0 Å². The van der Waals surface area contributed by atoms with E-state index in [2.05, 4.69) is 56.8 Å². The van der Waals surface area contributed by atoms with Crippen molar-refractivity contribution in [3.05, 3.63) is 61.6 Å². The van der Waals surface area contributed by atoms with Crippen LogP contribution in [0.5, 0.6) is 0 Å². The summed E-state index contributed by atoms with van der Waals surface area (Å²) >= 11 is 5.67. The van der Waals surface area contributed by atoms with E-state index in [0.717, 1.165) is 22.1 Å². The van der Waals surface area contributed by atoms with E-state index < -0.39 is 0 Å². The second-order valence-corrected chi connectivity index (χ2v) is 6.19. The van der Waals surface area contributed by atoms with E-state index in [1.807, 2.05) is 30.3 Å². The molecule has 0 bridgehead atoms. The van der Waals surface area contributed by atoms with Gasteiger partial charge in [0.1, 0.15) is 0 Å². The highest BCUT2D eigenvalue weighted by Gasteiger charge is 2.11. The molecule has 1 N–H and O–H groups in total. The van der Waals surface area contributed by atoms with Crippen LogP contribution in [0.4, 0.5) is 5.69 Å². The standard InChI is InChI=1S/C15H13BrINO/c1-2-10-9-11(17)7-8-14(10)18-15(19)12-5-3-4-6-13(12)16/h3-9H,2H2,1H3,(H,18,19). The highest BCUT2D eigenvalue weighted by molar-refractivity contribution is 14.1. The molecule has 0 saturated heterocycles. The Morgan fingerprint density at radius 3 is 2.68 bits per heavy atom. The van der Waals surface area contributed by atoms with Crippen molar-refractivity contribution in [1.82, 2.24) is 0 Å². The maximum atomic E-state index is 12.2. The maximum absolute atomic E-state index is 12.2. The number of aryl methyl sites for hydroxylation is 1. The number of hydrogen-bond acceptors (Lipinski definition) is 1. The number of nitrogens with one attached hydrogen (secondary N) is 1. The fourth-order valence-corrected chi connectivity index (χ4v) is 2.83. The van der Waals surface area contributed by atoms with Crippen molar-refractivity contribution in [2.45, 2.75) is 13.3 Å². The fraction of sp³-hybridized carbons (Fsp3) is 0.133. The van der Waals surface area contributed by atoms with Gasteiger partial charge in [0, 0.05) is 13.7 Å². The molecule has 0 radical (unpaired) electrons. The molecule has 2 aromatic rings. The van der Waals surface area contributed by atoms with Crippen LogP contribution in [0.2, 0.25) is 0 Å². The molecule has 98 valence electrons. The predicted molar refractivity (Wildman–Crippen MR) is 90.6 cm³/mol. The van der Waals surface area contributed by atoms with E-state index >= 15 is 0 Å². The van der Waals surface area contributed by atoms with Gasteiger partial charge in [0.05, 0.1) is 5.56 Å². The summed E-state index contributed by atoms with van der Waals surface area (Å²) in [5, 5.41) is 2.97. The molecular weight excluding hydrogens is 417 g/mol. The normalized spacial score (nSPS) is 10.3. The summed E-state index contributed by atoms with van der Waals surface area (Å²) in [5.74, 6) is -0.0941. The lowest BCUT2D eigenvalue weighted by Gasteiger charge is -2.11. The maximum Gasteiger partial charge on any atom is 0.256 e. The molecule has 0 fully saturated rings. The Balaban J connectivity index is 2.27. The number of carbonyl (C=O) groups excluding carboxylic acids is 1. The number of anilines is 1. The lowest BCUT2D eigenvalue weighted by molar-refractivity contribution is 0.102. The van der Waals surface area contributed by atoms with E-state index in [4.69, 9.17) is 0 Å². The monoisotopic (exact) mass is 429 g/mol. The predicted octanol–water partition coefficient (Wildman–Crippen LogP) is 4.87. The van der Waals surface area contributed by atoms with Gasteiger partial charge in [0.15, 0.2) is 0 Å². The lowest BCUT2D eigenvalue weighted by Crippen LogP contribution is -2.13. The second-order valence-electron chi connectivity index (χ2n) is 4.09. The Bertz CT molecular complexity index is 613. The first-order valence-electron chi connectivity index (χ1n) is 5.96. The Morgan fingerprint density at radius 2 is 2.00 bits per heavy atom. The van der Waals surface area contributed by atoms with E-state index in [1.54, 1.807) is 6.07 Å². The van der Waals surface area contributed by atoms with Gasteiger partial charge in [-0.05, 0) is 80.8 Å². The second kappa shape index (κ2) is 6.52. The van der Waals surface area contributed by atoms with Crippen molar-refractivity contribution in [3.8, 4) is 0 Å². The molecule has 0 aliphatic rings. The van der Waals surface area contributed by atoms with Crippen LogP contribution in [-0.4, -0.2) is 5.91 Å². The zero-order valence-electron chi connectivity index (χ0n) is 10.4. The molecule has 2 rings (SSSR count). The fourth-order valence-electron chi connectivity index (χ4n) is 1.81. The molecule has 19 heavy (non-hydrogen) atoms. The average Bonchev–Trinajstić information content (AvgIpc) is 2.41. The quantitative estimate of drug-likeness (QED) is 0.693.